The van der Waals surface area contributed by atoms with Gasteiger partial charge in [0.25, 0.3) is 5.91 Å². The fraction of sp³-hybridized carbons (Fsp3) is 0.647. The first-order valence-corrected chi connectivity index (χ1v) is 8.54. The second-order valence-corrected chi connectivity index (χ2v) is 7.13. The van der Waals surface area contributed by atoms with Gasteiger partial charge in [-0.3, -0.25) is 14.5 Å². The SMILES string of the molecule is CC1(CN)CCN(CC(=O)N2CCN(C(=O)c3ccco3)CC2)C1.Cl. The molecule has 25 heavy (non-hydrogen) atoms. The van der Waals surface area contributed by atoms with Crippen LogP contribution in [-0.2, 0) is 4.79 Å². The van der Waals surface area contributed by atoms with E-state index in [2.05, 4.69) is 11.8 Å². The lowest BCUT2D eigenvalue weighted by Crippen LogP contribution is -2.52. The van der Waals surface area contributed by atoms with Gasteiger partial charge in [-0.15, -0.1) is 12.4 Å². The molecule has 140 valence electrons. The van der Waals surface area contributed by atoms with Crippen molar-refractivity contribution < 1.29 is 14.0 Å². The molecule has 1 unspecified atom stereocenters. The van der Waals surface area contributed by atoms with Crippen molar-refractivity contribution in [1.29, 1.82) is 0 Å². The standard InChI is InChI=1S/C17H26N4O3.ClH/c1-17(12-18)4-5-19(13-17)11-15(22)20-6-8-21(9-7-20)16(23)14-3-2-10-24-14;/h2-3,10H,4-9,11-13,18H2,1H3;1H. The molecule has 7 nitrogen and oxygen atoms in total. The third-order valence-electron chi connectivity index (χ3n) is 5.14. The summed E-state index contributed by atoms with van der Waals surface area (Å²) in [5, 5.41) is 0. The zero-order valence-corrected chi connectivity index (χ0v) is 15.5. The minimum Gasteiger partial charge on any atom is -0.459 e. The van der Waals surface area contributed by atoms with Crippen molar-refractivity contribution in [1.82, 2.24) is 14.7 Å². The maximum absolute atomic E-state index is 12.5. The molecule has 0 radical (unpaired) electrons. The van der Waals surface area contributed by atoms with E-state index in [9.17, 15) is 9.59 Å². The van der Waals surface area contributed by atoms with E-state index in [-0.39, 0.29) is 29.6 Å². The molecule has 2 N–H and O–H groups in total. The summed E-state index contributed by atoms with van der Waals surface area (Å²) in [6, 6.07) is 3.37. The molecule has 2 fully saturated rings. The molecular formula is C17H27ClN4O3. The zero-order chi connectivity index (χ0) is 17.2. The molecule has 8 heteroatoms. The highest BCUT2D eigenvalue weighted by Gasteiger charge is 2.34. The Labute approximate surface area is 154 Å². The quantitative estimate of drug-likeness (QED) is 0.841. The Balaban J connectivity index is 0.00000225. The Morgan fingerprint density at radius 1 is 1.20 bits per heavy atom. The Morgan fingerprint density at radius 3 is 2.44 bits per heavy atom. The van der Waals surface area contributed by atoms with Crippen LogP contribution in [0.2, 0.25) is 0 Å². The van der Waals surface area contributed by atoms with Gasteiger partial charge in [0.15, 0.2) is 5.76 Å². The highest BCUT2D eigenvalue weighted by molar-refractivity contribution is 5.91. The van der Waals surface area contributed by atoms with Gasteiger partial charge in [-0.2, -0.15) is 0 Å². The molecule has 1 aromatic heterocycles. The topological polar surface area (TPSA) is 83.0 Å². The molecule has 0 aromatic carbocycles. The van der Waals surface area contributed by atoms with Gasteiger partial charge < -0.3 is 20.0 Å². The maximum Gasteiger partial charge on any atom is 0.289 e. The van der Waals surface area contributed by atoms with E-state index >= 15 is 0 Å². The van der Waals surface area contributed by atoms with E-state index in [4.69, 9.17) is 10.2 Å². The number of halogens is 1. The molecule has 0 bridgehead atoms. The molecule has 2 aliphatic heterocycles. The molecule has 3 rings (SSSR count). The molecule has 0 spiro atoms. The Hall–Kier alpha value is -1.57. The van der Waals surface area contributed by atoms with Crippen molar-refractivity contribution in [3.8, 4) is 0 Å². The lowest BCUT2D eigenvalue weighted by molar-refractivity contribution is -0.133. The highest BCUT2D eigenvalue weighted by Crippen LogP contribution is 2.28. The van der Waals surface area contributed by atoms with E-state index in [0.717, 1.165) is 19.5 Å². The number of likely N-dealkylation sites (tertiary alicyclic amines) is 1. The van der Waals surface area contributed by atoms with Gasteiger partial charge in [-0.1, -0.05) is 6.92 Å². The van der Waals surface area contributed by atoms with Crippen molar-refractivity contribution in [2.24, 2.45) is 11.1 Å². The lowest BCUT2D eigenvalue weighted by atomic mass is 9.90. The number of hydrogen-bond acceptors (Lipinski definition) is 5. The average molecular weight is 371 g/mol. The molecule has 1 aromatic rings. The number of nitrogens with two attached hydrogens (primary N) is 1. The molecule has 2 aliphatic rings. The monoisotopic (exact) mass is 370 g/mol. The van der Waals surface area contributed by atoms with Crippen LogP contribution in [0.1, 0.15) is 23.9 Å². The van der Waals surface area contributed by atoms with Crippen molar-refractivity contribution in [2.45, 2.75) is 13.3 Å². The van der Waals surface area contributed by atoms with E-state index in [1.807, 2.05) is 4.90 Å². The summed E-state index contributed by atoms with van der Waals surface area (Å²) in [4.78, 5) is 30.5. The van der Waals surface area contributed by atoms with Crippen molar-refractivity contribution in [2.75, 3.05) is 52.4 Å². The predicted octanol–water partition coefficient (Wildman–Crippen LogP) is 0.657. The normalized spacial score (nSPS) is 24.2. The Bertz CT molecular complexity index is 587. The first-order valence-electron chi connectivity index (χ1n) is 8.54. The van der Waals surface area contributed by atoms with Crippen molar-refractivity contribution >= 4 is 24.2 Å². The fourth-order valence-electron chi connectivity index (χ4n) is 3.43. The van der Waals surface area contributed by atoms with Crippen LogP contribution in [-0.4, -0.2) is 78.9 Å². The average Bonchev–Trinajstić information content (AvgIpc) is 3.25. The number of nitrogens with zero attached hydrogens (tertiary/aromatic N) is 3. The summed E-state index contributed by atoms with van der Waals surface area (Å²) in [6.07, 6.45) is 2.54. The smallest absolute Gasteiger partial charge is 0.289 e. The molecule has 0 aliphatic carbocycles. The second kappa shape index (κ2) is 8.21. The number of piperazine rings is 1. The minimum absolute atomic E-state index is 0. The van der Waals surface area contributed by atoms with Gasteiger partial charge in [-0.05, 0) is 37.1 Å². The zero-order valence-electron chi connectivity index (χ0n) is 14.6. The molecule has 1 atom stereocenters. The second-order valence-electron chi connectivity index (χ2n) is 7.13. The van der Waals surface area contributed by atoms with Gasteiger partial charge in [-0.25, -0.2) is 0 Å². The first-order chi connectivity index (χ1) is 11.5. The Kier molecular flexibility index (Phi) is 6.48. The number of amides is 2. The number of carbonyl (C=O) groups is 2. The number of furan rings is 1. The van der Waals surface area contributed by atoms with Crippen LogP contribution in [0.25, 0.3) is 0 Å². The van der Waals surface area contributed by atoms with Crippen LogP contribution in [0.3, 0.4) is 0 Å². The number of rotatable bonds is 4. The molecule has 2 saturated heterocycles. The maximum atomic E-state index is 12.5. The van der Waals surface area contributed by atoms with Crippen LogP contribution in [0.5, 0.6) is 0 Å². The molecular weight excluding hydrogens is 344 g/mol. The number of hydrogen-bond donors (Lipinski definition) is 1. The summed E-state index contributed by atoms with van der Waals surface area (Å²) >= 11 is 0. The third kappa shape index (κ3) is 4.54. The Morgan fingerprint density at radius 2 is 1.88 bits per heavy atom. The van der Waals surface area contributed by atoms with Crippen LogP contribution in [0.4, 0.5) is 0 Å². The van der Waals surface area contributed by atoms with Gasteiger partial charge in [0.1, 0.15) is 0 Å². The number of carbonyl (C=O) groups excluding carboxylic acids is 2. The van der Waals surface area contributed by atoms with Crippen LogP contribution in [0.15, 0.2) is 22.8 Å². The third-order valence-corrected chi connectivity index (χ3v) is 5.14. The summed E-state index contributed by atoms with van der Waals surface area (Å²) < 4.78 is 5.15. The molecule has 3 heterocycles. The summed E-state index contributed by atoms with van der Waals surface area (Å²) in [5.41, 5.74) is 5.95. The van der Waals surface area contributed by atoms with E-state index < -0.39 is 0 Å². The van der Waals surface area contributed by atoms with Crippen LogP contribution < -0.4 is 5.73 Å². The van der Waals surface area contributed by atoms with Gasteiger partial charge in [0.05, 0.1) is 12.8 Å². The summed E-state index contributed by atoms with van der Waals surface area (Å²) in [5.74, 6) is 0.389. The summed E-state index contributed by atoms with van der Waals surface area (Å²) in [6.45, 7) is 7.34. The van der Waals surface area contributed by atoms with E-state index in [1.54, 1.807) is 17.0 Å². The van der Waals surface area contributed by atoms with E-state index in [0.29, 0.717) is 45.0 Å². The first kappa shape index (κ1) is 19.8. The van der Waals surface area contributed by atoms with Crippen molar-refractivity contribution in [3.63, 3.8) is 0 Å². The highest BCUT2D eigenvalue weighted by atomic mass is 35.5. The van der Waals surface area contributed by atoms with Crippen LogP contribution in [0, 0.1) is 5.41 Å². The minimum atomic E-state index is -0.106. The van der Waals surface area contributed by atoms with Crippen LogP contribution >= 0.6 is 12.4 Å². The van der Waals surface area contributed by atoms with Gasteiger partial charge in [0, 0.05) is 32.7 Å². The van der Waals surface area contributed by atoms with Gasteiger partial charge in [0.2, 0.25) is 5.91 Å². The fourth-order valence-corrected chi connectivity index (χ4v) is 3.43. The van der Waals surface area contributed by atoms with E-state index in [1.165, 1.54) is 6.26 Å². The molecule has 2 amide bonds. The lowest BCUT2D eigenvalue weighted by Gasteiger charge is -2.35. The summed E-state index contributed by atoms with van der Waals surface area (Å²) in [7, 11) is 0. The van der Waals surface area contributed by atoms with Crippen molar-refractivity contribution in [3.05, 3.63) is 24.2 Å². The molecule has 0 saturated carbocycles. The predicted molar refractivity (Wildman–Crippen MR) is 96.7 cm³/mol. The van der Waals surface area contributed by atoms with Gasteiger partial charge >= 0.3 is 0 Å². The largest absolute Gasteiger partial charge is 0.459 e.